The molecule has 0 aliphatic heterocycles. The minimum atomic E-state index is -1.01. The average molecular weight is 325 g/mol. The molecule has 0 atom stereocenters. The quantitative estimate of drug-likeness (QED) is 0.929. The lowest BCUT2D eigenvalue weighted by molar-refractivity contribution is 0.0693. The number of hydrogen-bond donors (Lipinski definition) is 1. The van der Waals surface area contributed by atoms with Gasteiger partial charge in [0.25, 0.3) is 0 Å². The molecule has 1 N–H and O–H groups in total. The first-order chi connectivity index (χ1) is 10.1. The van der Waals surface area contributed by atoms with Crippen LogP contribution in [0.25, 0.3) is 0 Å². The summed E-state index contributed by atoms with van der Waals surface area (Å²) in [5.74, 6) is -1.01. The SMILES string of the molecule is O=C(O)c1cc(Cl)ccc1Sc1nnnn1C1CCCC1. The fourth-order valence-electron chi connectivity index (χ4n) is 2.49. The molecule has 0 unspecified atom stereocenters. The van der Waals surface area contributed by atoms with Crippen molar-refractivity contribution in [3.8, 4) is 0 Å². The second-order valence-corrected chi connectivity index (χ2v) is 6.34. The first kappa shape index (κ1) is 14.3. The highest BCUT2D eigenvalue weighted by Gasteiger charge is 2.23. The van der Waals surface area contributed by atoms with E-state index >= 15 is 0 Å². The van der Waals surface area contributed by atoms with Crippen molar-refractivity contribution in [2.24, 2.45) is 0 Å². The van der Waals surface area contributed by atoms with Crippen LogP contribution in [-0.4, -0.2) is 31.3 Å². The number of tetrazole rings is 1. The van der Waals surface area contributed by atoms with E-state index in [4.69, 9.17) is 11.6 Å². The maximum absolute atomic E-state index is 11.3. The van der Waals surface area contributed by atoms with Crippen LogP contribution in [0, 0.1) is 0 Å². The fourth-order valence-corrected chi connectivity index (χ4v) is 3.60. The molecule has 6 nitrogen and oxygen atoms in total. The van der Waals surface area contributed by atoms with Crippen LogP contribution in [0.2, 0.25) is 5.02 Å². The minimum absolute atomic E-state index is 0.161. The van der Waals surface area contributed by atoms with E-state index in [-0.39, 0.29) is 5.56 Å². The Morgan fingerprint density at radius 2 is 2.14 bits per heavy atom. The van der Waals surface area contributed by atoms with Crippen LogP contribution in [0.4, 0.5) is 0 Å². The van der Waals surface area contributed by atoms with Gasteiger partial charge in [0.1, 0.15) is 0 Å². The fraction of sp³-hybridized carbons (Fsp3) is 0.385. The molecule has 110 valence electrons. The zero-order chi connectivity index (χ0) is 14.8. The minimum Gasteiger partial charge on any atom is -0.478 e. The standard InChI is InChI=1S/C13H13ClN4O2S/c14-8-5-6-11(10(7-8)12(19)20)21-13-15-16-17-18(13)9-3-1-2-4-9/h5-7,9H,1-4H2,(H,19,20). The molecule has 1 aliphatic rings. The summed E-state index contributed by atoms with van der Waals surface area (Å²) in [6.07, 6.45) is 4.47. The van der Waals surface area contributed by atoms with Gasteiger partial charge in [-0.2, -0.15) is 0 Å². The lowest BCUT2D eigenvalue weighted by atomic mass is 10.2. The maximum atomic E-state index is 11.3. The van der Waals surface area contributed by atoms with Gasteiger partial charge in [-0.05, 0) is 53.2 Å². The lowest BCUT2D eigenvalue weighted by Gasteiger charge is -2.11. The van der Waals surface area contributed by atoms with Crippen LogP contribution in [0.1, 0.15) is 42.1 Å². The molecule has 1 aromatic carbocycles. The molecule has 21 heavy (non-hydrogen) atoms. The molecule has 1 aliphatic carbocycles. The Bertz CT molecular complexity index is 670. The summed E-state index contributed by atoms with van der Waals surface area (Å²) >= 11 is 7.12. The summed E-state index contributed by atoms with van der Waals surface area (Å²) in [5, 5.41) is 22.1. The Morgan fingerprint density at radius 3 is 2.86 bits per heavy atom. The van der Waals surface area contributed by atoms with Gasteiger partial charge in [-0.15, -0.1) is 5.10 Å². The third-order valence-electron chi connectivity index (χ3n) is 3.51. The zero-order valence-corrected chi connectivity index (χ0v) is 12.6. The molecule has 1 aromatic heterocycles. The predicted octanol–water partition coefficient (Wildman–Crippen LogP) is 3.29. The van der Waals surface area contributed by atoms with Gasteiger partial charge in [-0.3, -0.25) is 0 Å². The van der Waals surface area contributed by atoms with E-state index in [1.807, 2.05) is 0 Å². The van der Waals surface area contributed by atoms with Gasteiger partial charge in [0, 0.05) is 9.92 Å². The van der Waals surface area contributed by atoms with E-state index in [1.165, 1.54) is 30.7 Å². The van der Waals surface area contributed by atoms with Gasteiger partial charge in [0.15, 0.2) is 0 Å². The molecule has 0 spiro atoms. The van der Waals surface area contributed by atoms with Crippen LogP contribution in [0.5, 0.6) is 0 Å². The topological polar surface area (TPSA) is 80.9 Å². The monoisotopic (exact) mass is 324 g/mol. The molecular weight excluding hydrogens is 312 g/mol. The van der Waals surface area contributed by atoms with E-state index in [0.29, 0.717) is 21.1 Å². The number of rotatable bonds is 4. The Balaban J connectivity index is 1.91. The van der Waals surface area contributed by atoms with Crippen molar-refractivity contribution in [2.45, 2.75) is 41.8 Å². The van der Waals surface area contributed by atoms with Crippen molar-refractivity contribution >= 4 is 29.3 Å². The summed E-state index contributed by atoms with van der Waals surface area (Å²) in [5.41, 5.74) is 0.161. The van der Waals surface area contributed by atoms with Crippen LogP contribution < -0.4 is 0 Å². The summed E-state index contributed by atoms with van der Waals surface area (Å²) in [6.45, 7) is 0. The number of halogens is 1. The van der Waals surface area contributed by atoms with Gasteiger partial charge >= 0.3 is 5.97 Å². The number of carboxylic acids is 1. The second kappa shape index (κ2) is 6.03. The van der Waals surface area contributed by atoms with Crippen molar-refractivity contribution in [2.75, 3.05) is 0 Å². The van der Waals surface area contributed by atoms with Gasteiger partial charge in [-0.25, -0.2) is 9.48 Å². The smallest absolute Gasteiger partial charge is 0.336 e. The van der Waals surface area contributed by atoms with Crippen LogP contribution in [0.15, 0.2) is 28.3 Å². The van der Waals surface area contributed by atoms with Gasteiger partial charge < -0.3 is 5.11 Å². The summed E-state index contributed by atoms with van der Waals surface area (Å²) in [7, 11) is 0. The summed E-state index contributed by atoms with van der Waals surface area (Å²) in [4.78, 5) is 11.9. The van der Waals surface area contributed by atoms with E-state index in [0.717, 1.165) is 12.8 Å². The molecule has 0 saturated heterocycles. The van der Waals surface area contributed by atoms with Crippen molar-refractivity contribution in [1.82, 2.24) is 20.2 Å². The van der Waals surface area contributed by atoms with Crippen molar-refractivity contribution in [3.63, 3.8) is 0 Å². The highest BCUT2D eigenvalue weighted by atomic mass is 35.5. The van der Waals surface area contributed by atoms with Crippen molar-refractivity contribution in [3.05, 3.63) is 28.8 Å². The molecule has 0 radical (unpaired) electrons. The Morgan fingerprint density at radius 1 is 1.38 bits per heavy atom. The normalized spacial score (nSPS) is 15.5. The highest BCUT2D eigenvalue weighted by Crippen LogP contribution is 2.35. The molecule has 0 amide bonds. The van der Waals surface area contributed by atoms with Crippen LogP contribution in [-0.2, 0) is 0 Å². The van der Waals surface area contributed by atoms with Crippen LogP contribution in [0.3, 0.4) is 0 Å². The second-order valence-electron chi connectivity index (χ2n) is 4.89. The Labute approximate surface area is 130 Å². The third kappa shape index (κ3) is 3.03. The zero-order valence-electron chi connectivity index (χ0n) is 11.1. The molecular formula is C13H13ClN4O2S. The van der Waals surface area contributed by atoms with Gasteiger partial charge in [0.05, 0.1) is 11.6 Å². The molecule has 1 saturated carbocycles. The number of benzene rings is 1. The molecule has 3 rings (SSSR count). The molecule has 0 bridgehead atoms. The van der Waals surface area contributed by atoms with Gasteiger partial charge in [-0.1, -0.05) is 24.4 Å². The number of carbonyl (C=O) groups is 1. The number of carboxylic acid groups (broad SMARTS) is 1. The highest BCUT2D eigenvalue weighted by molar-refractivity contribution is 7.99. The van der Waals surface area contributed by atoms with Crippen LogP contribution >= 0.6 is 23.4 Å². The number of aromatic carboxylic acids is 1. The predicted molar refractivity (Wildman–Crippen MR) is 77.9 cm³/mol. The number of aromatic nitrogens is 4. The molecule has 8 heteroatoms. The van der Waals surface area contributed by atoms with E-state index < -0.39 is 5.97 Å². The Kier molecular flexibility index (Phi) is 4.12. The largest absolute Gasteiger partial charge is 0.478 e. The maximum Gasteiger partial charge on any atom is 0.336 e. The van der Waals surface area contributed by atoms with E-state index in [1.54, 1.807) is 16.8 Å². The third-order valence-corrected chi connectivity index (χ3v) is 4.77. The number of hydrogen-bond acceptors (Lipinski definition) is 5. The molecule has 1 heterocycles. The van der Waals surface area contributed by atoms with Crippen molar-refractivity contribution < 1.29 is 9.90 Å². The van der Waals surface area contributed by atoms with Gasteiger partial charge in [0.2, 0.25) is 5.16 Å². The molecule has 1 fully saturated rings. The summed E-state index contributed by atoms with van der Waals surface area (Å²) < 4.78 is 1.80. The van der Waals surface area contributed by atoms with E-state index in [2.05, 4.69) is 15.5 Å². The lowest BCUT2D eigenvalue weighted by Crippen LogP contribution is -2.08. The first-order valence-electron chi connectivity index (χ1n) is 6.63. The molecule has 2 aromatic rings. The first-order valence-corrected chi connectivity index (χ1v) is 7.83. The van der Waals surface area contributed by atoms with Crippen molar-refractivity contribution in [1.29, 1.82) is 0 Å². The van der Waals surface area contributed by atoms with E-state index in [9.17, 15) is 9.90 Å². The average Bonchev–Trinajstić information content (AvgIpc) is 3.11. The number of nitrogens with zero attached hydrogens (tertiary/aromatic N) is 4. The summed E-state index contributed by atoms with van der Waals surface area (Å²) in [6, 6.07) is 5.10. The Hall–Kier alpha value is -1.60.